The minimum absolute atomic E-state index is 0.0215. The van der Waals surface area contributed by atoms with E-state index in [0.717, 1.165) is 30.8 Å². The van der Waals surface area contributed by atoms with Crippen LogP contribution in [0.1, 0.15) is 41.9 Å². The van der Waals surface area contributed by atoms with Crippen LogP contribution in [0.3, 0.4) is 0 Å². The van der Waals surface area contributed by atoms with E-state index in [9.17, 15) is 22.4 Å². The van der Waals surface area contributed by atoms with Crippen molar-refractivity contribution in [2.75, 3.05) is 13.1 Å². The van der Waals surface area contributed by atoms with Crippen molar-refractivity contribution in [1.29, 1.82) is 0 Å². The summed E-state index contributed by atoms with van der Waals surface area (Å²) in [5, 5.41) is 0. The maximum Gasteiger partial charge on any atom is 0.272 e. The van der Waals surface area contributed by atoms with Gasteiger partial charge >= 0.3 is 0 Å². The molecular weight excluding hydrogens is 461 g/mol. The van der Waals surface area contributed by atoms with E-state index in [0.29, 0.717) is 24.4 Å². The first kappa shape index (κ1) is 23.8. The first-order chi connectivity index (χ1) is 16.3. The zero-order valence-corrected chi connectivity index (χ0v) is 19.6. The average molecular weight is 488 g/mol. The van der Waals surface area contributed by atoms with Gasteiger partial charge < -0.3 is 4.57 Å². The molecule has 180 valence electrons. The molecule has 0 spiro atoms. The van der Waals surface area contributed by atoms with Crippen molar-refractivity contribution in [1.82, 2.24) is 24.7 Å². The van der Waals surface area contributed by atoms with Gasteiger partial charge in [0, 0.05) is 33.0 Å². The number of rotatable bonds is 6. The highest BCUT2D eigenvalue weighted by Gasteiger charge is 2.26. The summed E-state index contributed by atoms with van der Waals surface area (Å²) in [7, 11) is -1.78. The number of aryl methyl sites for hydroxylation is 2. The first-order valence-corrected chi connectivity index (χ1v) is 12.5. The minimum Gasteiger partial charge on any atom is -0.331 e. The van der Waals surface area contributed by atoms with E-state index in [4.69, 9.17) is 0 Å². The number of benzene rings is 2. The summed E-state index contributed by atoms with van der Waals surface area (Å²) in [5.41, 5.74) is 5.57. The largest absolute Gasteiger partial charge is 0.331 e. The molecule has 2 heterocycles. The number of hydrogen-bond acceptors (Lipinski definition) is 5. The van der Waals surface area contributed by atoms with Gasteiger partial charge in [-0.2, -0.15) is 4.31 Å². The SMILES string of the molecule is Cn1c(CCC(=O)NNC(=O)c2ccccc2F)nc2cc(S(=O)(=O)N3CCCCC3)ccc21. The van der Waals surface area contributed by atoms with Gasteiger partial charge in [0.1, 0.15) is 11.6 Å². The lowest BCUT2D eigenvalue weighted by atomic mass is 10.2. The summed E-state index contributed by atoms with van der Waals surface area (Å²) in [6.45, 7) is 1.05. The van der Waals surface area contributed by atoms with Gasteiger partial charge in [-0.05, 0) is 43.2 Å². The number of nitrogens with zero attached hydrogens (tertiary/aromatic N) is 3. The summed E-state index contributed by atoms with van der Waals surface area (Å²) in [6.07, 6.45) is 3.04. The molecule has 3 aromatic rings. The fourth-order valence-corrected chi connectivity index (χ4v) is 5.53. The third-order valence-corrected chi connectivity index (χ3v) is 7.80. The highest BCUT2D eigenvalue weighted by atomic mass is 32.2. The Morgan fingerprint density at radius 3 is 2.53 bits per heavy atom. The number of halogens is 1. The van der Waals surface area contributed by atoms with Gasteiger partial charge in [-0.25, -0.2) is 17.8 Å². The quantitative estimate of drug-likeness (QED) is 0.518. The van der Waals surface area contributed by atoms with E-state index < -0.39 is 27.7 Å². The van der Waals surface area contributed by atoms with E-state index in [1.165, 1.54) is 22.5 Å². The number of aromatic nitrogens is 2. The molecule has 0 bridgehead atoms. The lowest BCUT2D eigenvalue weighted by molar-refractivity contribution is -0.121. The number of hydrogen-bond donors (Lipinski definition) is 2. The monoisotopic (exact) mass is 487 g/mol. The van der Waals surface area contributed by atoms with Crippen molar-refractivity contribution in [3.05, 3.63) is 59.7 Å². The van der Waals surface area contributed by atoms with Crippen LogP contribution in [0, 0.1) is 5.82 Å². The van der Waals surface area contributed by atoms with E-state index in [1.807, 2.05) is 0 Å². The van der Waals surface area contributed by atoms with E-state index in [2.05, 4.69) is 15.8 Å². The van der Waals surface area contributed by atoms with Crippen molar-refractivity contribution in [2.24, 2.45) is 7.05 Å². The Balaban J connectivity index is 1.40. The summed E-state index contributed by atoms with van der Waals surface area (Å²) in [6, 6.07) is 10.3. The molecule has 1 aromatic heterocycles. The number of sulfonamides is 1. The predicted octanol–water partition coefficient (Wildman–Crippen LogP) is 2.28. The number of piperidine rings is 1. The van der Waals surface area contributed by atoms with Crippen LogP contribution in [0.25, 0.3) is 11.0 Å². The van der Waals surface area contributed by atoms with Crippen LogP contribution in [-0.2, 0) is 28.3 Å². The normalized spacial score (nSPS) is 14.8. The molecule has 2 N–H and O–H groups in total. The Bertz CT molecular complexity index is 1330. The second-order valence-corrected chi connectivity index (χ2v) is 10.1. The first-order valence-electron chi connectivity index (χ1n) is 11.1. The molecule has 4 rings (SSSR count). The third-order valence-electron chi connectivity index (χ3n) is 5.91. The van der Waals surface area contributed by atoms with Crippen molar-refractivity contribution < 1.29 is 22.4 Å². The Morgan fingerprint density at radius 2 is 1.79 bits per heavy atom. The second-order valence-electron chi connectivity index (χ2n) is 8.18. The number of imidazole rings is 1. The number of nitrogens with one attached hydrogen (secondary N) is 2. The van der Waals surface area contributed by atoms with Crippen LogP contribution >= 0.6 is 0 Å². The molecule has 9 nitrogen and oxygen atoms in total. The Morgan fingerprint density at radius 1 is 1.06 bits per heavy atom. The summed E-state index contributed by atoms with van der Waals surface area (Å²) in [5.74, 6) is -1.31. The Kier molecular flexibility index (Phi) is 6.94. The smallest absolute Gasteiger partial charge is 0.272 e. The minimum atomic E-state index is -3.57. The molecule has 0 atom stereocenters. The Hall–Kier alpha value is -3.31. The molecule has 11 heteroatoms. The van der Waals surface area contributed by atoms with Crippen LogP contribution in [-0.4, -0.2) is 47.2 Å². The molecule has 2 aromatic carbocycles. The maximum atomic E-state index is 13.7. The highest BCUT2D eigenvalue weighted by Crippen LogP contribution is 2.24. The van der Waals surface area contributed by atoms with Gasteiger partial charge in [-0.3, -0.25) is 20.4 Å². The van der Waals surface area contributed by atoms with Gasteiger partial charge in [0.25, 0.3) is 5.91 Å². The number of carbonyl (C=O) groups excluding carboxylic acids is 2. The van der Waals surface area contributed by atoms with Crippen molar-refractivity contribution in [3.8, 4) is 0 Å². The van der Waals surface area contributed by atoms with Crippen LogP contribution in [0.5, 0.6) is 0 Å². The van der Waals surface area contributed by atoms with Crippen molar-refractivity contribution >= 4 is 32.9 Å². The molecule has 1 fully saturated rings. The molecular formula is C23H26FN5O4S. The van der Waals surface area contributed by atoms with Crippen molar-refractivity contribution in [2.45, 2.75) is 37.0 Å². The molecule has 0 aliphatic carbocycles. The molecule has 1 saturated heterocycles. The number of hydrazine groups is 1. The lowest BCUT2D eigenvalue weighted by Gasteiger charge is -2.25. The zero-order chi connectivity index (χ0) is 24.3. The average Bonchev–Trinajstić information content (AvgIpc) is 3.16. The van der Waals surface area contributed by atoms with E-state index >= 15 is 0 Å². The van der Waals surface area contributed by atoms with Crippen LogP contribution in [0.4, 0.5) is 4.39 Å². The zero-order valence-electron chi connectivity index (χ0n) is 18.8. The maximum absolute atomic E-state index is 13.7. The fraction of sp³-hybridized carbons (Fsp3) is 0.348. The summed E-state index contributed by atoms with van der Waals surface area (Å²) >= 11 is 0. The van der Waals surface area contributed by atoms with Crippen LogP contribution in [0.15, 0.2) is 47.4 Å². The van der Waals surface area contributed by atoms with Crippen LogP contribution < -0.4 is 10.9 Å². The van der Waals surface area contributed by atoms with E-state index in [-0.39, 0.29) is 23.3 Å². The second kappa shape index (κ2) is 9.90. The fourth-order valence-electron chi connectivity index (χ4n) is 3.99. The highest BCUT2D eigenvalue weighted by molar-refractivity contribution is 7.89. The number of fused-ring (bicyclic) bond motifs is 1. The molecule has 1 aliphatic heterocycles. The van der Waals surface area contributed by atoms with Crippen molar-refractivity contribution in [3.63, 3.8) is 0 Å². The number of amides is 2. The molecule has 2 amide bonds. The molecule has 0 unspecified atom stereocenters. The summed E-state index contributed by atoms with van der Waals surface area (Å²) < 4.78 is 42.9. The van der Waals surface area contributed by atoms with Crippen LogP contribution in [0.2, 0.25) is 0 Å². The summed E-state index contributed by atoms with van der Waals surface area (Å²) in [4.78, 5) is 28.9. The topological polar surface area (TPSA) is 113 Å². The van der Waals surface area contributed by atoms with Gasteiger partial charge in [0.2, 0.25) is 15.9 Å². The van der Waals surface area contributed by atoms with Gasteiger partial charge in [0.05, 0.1) is 21.5 Å². The molecule has 0 radical (unpaired) electrons. The van der Waals surface area contributed by atoms with Gasteiger partial charge in [0.15, 0.2) is 0 Å². The van der Waals surface area contributed by atoms with Gasteiger partial charge in [-0.1, -0.05) is 18.6 Å². The lowest BCUT2D eigenvalue weighted by Crippen LogP contribution is -2.42. The third kappa shape index (κ3) is 4.95. The van der Waals surface area contributed by atoms with E-state index in [1.54, 1.807) is 29.8 Å². The molecule has 34 heavy (non-hydrogen) atoms. The standard InChI is InChI=1S/C23H26FN5O4S/c1-28-20-10-9-16(34(32,33)29-13-5-2-6-14-29)15-19(20)25-21(28)11-12-22(30)26-27-23(31)17-7-3-4-8-18(17)24/h3-4,7-10,15H,2,5-6,11-14H2,1H3,(H,26,30)(H,27,31). The van der Waals surface area contributed by atoms with Gasteiger partial charge in [-0.15, -0.1) is 0 Å². The Labute approximate surface area is 197 Å². The number of carbonyl (C=O) groups is 2. The molecule has 0 saturated carbocycles. The molecule has 1 aliphatic rings. The predicted molar refractivity (Wildman–Crippen MR) is 124 cm³/mol.